The Hall–Kier alpha value is -3.68. The van der Waals surface area contributed by atoms with Crippen LogP contribution in [-0.4, -0.2) is 65.7 Å². The van der Waals surface area contributed by atoms with E-state index in [1.54, 1.807) is 49.1 Å². The number of methoxy groups -OCH3 is 1. The quantitative estimate of drug-likeness (QED) is 0.708. The summed E-state index contributed by atoms with van der Waals surface area (Å²) in [5, 5.41) is 3.02. The third-order valence-electron chi connectivity index (χ3n) is 6.15. The summed E-state index contributed by atoms with van der Waals surface area (Å²) in [6.45, 7) is 4.53. The highest BCUT2D eigenvalue weighted by atomic mass is 16.5. The van der Waals surface area contributed by atoms with Crippen LogP contribution < -0.4 is 10.1 Å². The number of carbonyl (C=O) groups excluding carboxylic acids is 4. The number of benzene rings is 2. The van der Waals surface area contributed by atoms with Crippen LogP contribution in [0.2, 0.25) is 0 Å². The van der Waals surface area contributed by atoms with E-state index < -0.39 is 0 Å². The first-order valence-corrected chi connectivity index (χ1v) is 11.1. The summed E-state index contributed by atoms with van der Waals surface area (Å²) in [5.74, 6) is -0.555. The molecule has 172 valence electrons. The fourth-order valence-corrected chi connectivity index (χ4v) is 4.37. The third kappa shape index (κ3) is 4.20. The average molecular weight is 450 g/mol. The molecular formula is C25H27N3O5. The molecule has 1 saturated heterocycles. The number of imide groups is 1. The zero-order valence-corrected chi connectivity index (χ0v) is 19.0. The maximum Gasteiger partial charge on any atom is 0.261 e. The fraction of sp³-hybridized carbons (Fsp3) is 0.360. The SMILES string of the molecule is COc1ccccc1C(=O)NC1CCN(C(=O)c2ccc3c(c2)C(=O)N(C(C)C)C3=O)CC1. The van der Waals surface area contributed by atoms with Gasteiger partial charge in [0.05, 0.1) is 23.8 Å². The van der Waals surface area contributed by atoms with Crippen LogP contribution in [0.5, 0.6) is 5.75 Å². The van der Waals surface area contributed by atoms with Crippen molar-refractivity contribution >= 4 is 23.6 Å². The third-order valence-corrected chi connectivity index (χ3v) is 6.15. The molecule has 0 atom stereocenters. The van der Waals surface area contributed by atoms with Crippen LogP contribution in [0.15, 0.2) is 42.5 Å². The Kier molecular flexibility index (Phi) is 6.18. The number of hydrogen-bond donors (Lipinski definition) is 1. The Morgan fingerprint density at radius 3 is 2.33 bits per heavy atom. The topological polar surface area (TPSA) is 96.0 Å². The monoisotopic (exact) mass is 449 g/mol. The van der Waals surface area contributed by atoms with Crippen molar-refractivity contribution in [2.45, 2.75) is 38.8 Å². The first kappa shape index (κ1) is 22.5. The summed E-state index contributed by atoms with van der Waals surface area (Å²) >= 11 is 0. The van der Waals surface area contributed by atoms with Gasteiger partial charge in [0.2, 0.25) is 0 Å². The molecule has 2 aromatic rings. The van der Waals surface area contributed by atoms with Gasteiger partial charge in [0.25, 0.3) is 23.6 Å². The number of amides is 4. The lowest BCUT2D eigenvalue weighted by Crippen LogP contribution is -2.46. The first-order chi connectivity index (χ1) is 15.8. The molecule has 2 aliphatic heterocycles. The molecule has 0 aromatic heterocycles. The molecule has 2 heterocycles. The second kappa shape index (κ2) is 9.05. The van der Waals surface area contributed by atoms with Gasteiger partial charge < -0.3 is 15.0 Å². The Morgan fingerprint density at radius 2 is 1.67 bits per heavy atom. The van der Waals surface area contributed by atoms with Crippen LogP contribution in [0, 0.1) is 0 Å². The molecule has 8 nitrogen and oxygen atoms in total. The number of fused-ring (bicyclic) bond motifs is 1. The molecule has 33 heavy (non-hydrogen) atoms. The van der Waals surface area contributed by atoms with Gasteiger partial charge in [-0.15, -0.1) is 0 Å². The van der Waals surface area contributed by atoms with Crippen molar-refractivity contribution in [2.75, 3.05) is 20.2 Å². The zero-order valence-electron chi connectivity index (χ0n) is 19.0. The molecule has 1 fully saturated rings. The van der Waals surface area contributed by atoms with Gasteiger partial charge in [0, 0.05) is 30.7 Å². The largest absolute Gasteiger partial charge is 0.496 e. The predicted octanol–water partition coefficient (Wildman–Crippen LogP) is 2.73. The molecule has 0 unspecified atom stereocenters. The van der Waals surface area contributed by atoms with E-state index in [0.29, 0.717) is 48.4 Å². The van der Waals surface area contributed by atoms with Gasteiger partial charge in [-0.3, -0.25) is 24.1 Å². The van der Waals surface area contributed by atoms with Crippen LogP contribution >= 0.6 is 0 Å². The highest BCUT2D eigenvalue weighted by Crippen LogP contribution is 2.27. The lowest BCUT2D eigenvalue weighted by Gasteiger charge is -2.32. The number of piperidine rings is 1. The van der Waals surface area contributed by atoms with Crippen LogP contribution in [-0.2, 0) is 0 Å². The first-order valence-electron chi connectivity index (χ1n) is 11.1. The highest BCUT2D eigenvalue weighted by Gasteiger charge is 2.38. The number of likely N-dealkylation sites (tertiary alicyclic amines) is 1. The van der Waals surface area contributed by atoms with Gasteiger partial charge >= 0.3 is 0 Å². The lowest BCUT2D eigenvalue weighted by atomic mass is 10.0. The van der Waals surface area contributed by atoms with E-state index in [2.05, 4.69) is 5.32 Å². The molecule has 0 spiro atoms. The molecular weight excluding hydrogens is 422 g/mol. The molecule has 4 rings (SSSR count). The van der Waals surface area contributed by atoms with Crippen molar-refractivity contribution in [2.24, 2.45) is 0 Å². The molecule has 2 aromatic carbocycles. The second-order valence-corrected chi connectivity index (χ2v) is 8.57. The molecule has 2 aliphatic rings. The Bertz CT molecular complexity index is 1120. The van der Waals surface area contributed by atoms with Crippen molar-refractivity contribution in [3.63, 3.8) is 0 Å². The maximum atomic E-state index is 13.0. The normalized spacial score (nSPS) is 16.2. The minimum Gasteiger partial charge on any atom is -0.496 e. The highest BCUT2D eigenvalue weighted by molar-refractivity contribution is 6.22. The number of nitrogens with one attached hydrogen (secondary N) is 1. The zero-order chi connectivity index (χ0) is 23.7. The number of rotatable bonds is 5. The van der Waals surface area contributed by atoms with E-state index in [9.17, 15) is 19.2 Å². The number of para-hydroxylation sites is 1. The van der Waals surface area contributed by atoms with Crippen molar-refractivity contribution in [3.8, 4) is 5.75 Å². The molecule has 0 saturated carbocycles. The molecule has 0 bridgehead atoms. The fourth-order valence-electron chi connectivity index (χ4n) is 4.37. The number of carbonyl (C=O) groups is 4. The summed E-state index contributed by atoms with van der Waals surface area (Å²) in [4.78, 5) is 53.7. The van der Waals surface area contributed by atoms with Crippen molar-refractivity contribution < 1.29 is 23.9 Å². The average Bonchev–Trinajstić information content (AvgIpc) is 3.08. The van der Waals surface area contributed by atoms with Crippen LogP contribution in [0.4, 0.5) is 0 Å². The molecule has 0 aliphatic carbocycles. The second-order valence-electron chi connectivity index (χ2n) is 8.57. The van der Waals surface area contributed by atoms with Gasteiger partial charge in [-0.25, -0.2) is 0 Å². The lowest BCUT2D eigenvalue weighted by molar-refractivity contribution is 0.0607. The van der Waals surface area contributed by atoms with Gasteiger partial charge in [-0.2, -0.15) is 0 Å². The summed E-state index contributed by atoms with van der Waals surface area (Å²) < 4.78 is 5.26. The van der Waals surface area contributed by atoms with Gasteiger partial charge in [-0.1, -0.05) is 12.1 Å². The molecule has 0 radical (unpaired) electrons. The molecule has 4 amide bonds. The standard InChI is InChI=1S/C25H27N3O5/c1-15(2)28-24(31)18-9-8-16(14-20(18)25(28)32)23(30)27-12-10-17(11-13-27)26-22(29)19-6-4-5-7-21(19)33-3/h4-9,14-15,17H,10-13H2,1-3H3,(H,26,29). The van der Waals surface area contributed by atoms with Crippen molar-refractivity contribution in [1.82, 2.24) is 15.1 Å². The van der Waals surface area contributed by atoms with E-state index in [1.165, 1.54) is 18.1 Å². The molecule has 1 N–H and O–H groups in total. The minimum atomic E-state index is -0.364. The van der Waals surface area contributed by atoms with E-state index >= 15 is 0 Å². The van der Waals surface area contributed by atoms with Gasteiger partial charge in [-0.05, 0) is 57.0 Å². The van der Waals surface area contributed by atoms with Gasteiger partial charge in [0.15, 0.2) is 0 Å². The number of hydrogen-bond acceptors (Lipinski definition) is 5. The van der Waals surface area contributed by atoms with E-state index in [0.717, 1.165) is 0 Å². The number of ether oxygens (including phenoxy) is 1. The molecule has 8 heteroatoms. The van der Waals surface area contributed by atoms with Crippen LogP contribution in [0.1, 0.15) is 68.1 Å². The van der Waals surface area contributed by atoms with Gasteiger partial charge in [0.1, 0.15) is 5.75 Å². The summed E-state index contributed by atoms with van der Waals surface area (Å²) in [5.41, 5.74) is 1.48. The van der Waals surface area contributed by atoms with Crippen LogP contribution in [0.25, 0.3) is 0 Å². The number of nitrogens with zero attached hydrogens (tertiary/aromatic N) is 2. The smallest absolute Gasteiger partial charge is 0.261 e. The van der Waals surface area contributed by atoms with Crippen LogP contribution in [0.3, 0.4) is 0 Å². The summed E-state index contributed by atoms with van der Waals surface area (Å²) in [7, 11) is 1.53. The van der Waals surface area contributed by atoms with E-state index in [4.69, 9.17) is 4.74 Å². The predicted molar refractivity (Wildman–Crippen MR) is 121 cm³/mol. The Balaban J connectivity index is 1.39. The van der Waals surface area contributed by atoms with Crippen molar-refractivity contribution in [3.05, 3.63) is 64.7 Å². The van der Waals surface area contributed by atoms with Crippen molar-refractivity contribution in [1.29, 1.82) is 0 Å². The van der Waals surface area contributed by atoms with E-state index in [1.807, 2.05) is 6.07 Å². The summed E-state index contributed by atoms with van der Waals surface area (Å²) in [6.07, 6.45) is 1.24. The Labute approximate surface area is 192 Å². The Morgan fingerprint density at radius 1 is 1.00 bits per heavy atom. The minimum absolute atomic E-state index is 0.0507. The summed E-state index contributed by atoms with van der Waals surface area (Å²) in [6, 6.07) is 11.4. The maximum absolute atomic E-state index is 13.0. The van der Waals surface area contributed by atoms with E-state index in [-0.39, 0.29) is 41.3 Å².